The SMILES string of the molecule is CN=C(NCc1ccon1)NC1CCN(C(C)C)CC1. The first-order chi connectivity index (χ1) is 9.69. The molecule has 0 bridgehead atoms. The van der Waals surface area contributed by atoms with Gasteiger partial charge < -0.3 is 20.1 Å². The largest absolute Gasteiger partial charge is 0.364 e. The van der Waals surface area contributed by atoms with Crippen LogP contribution in [-0.2, 0) is 6.54 Å². The van der Waals surface area contributed by atoms with E-state index in [-0.39, 0.29) is 0 Å². The molecule has 1 aliphatic rings. The van der Waals surface area contributed by atoms with Gasteiger partial charge in [-0.25, -0.2) is 0 Å². The molecule has 6 heteroatoms. The second-order valence-corrected chi connectivity index (χ2v) is 5.46. The summed E-state index contributed by atoms with van der Waals surface area (Å²) in [6, 6.07) is 2.98. The van der Waals surface area contributed by atoms with Crippen molar-refractivity contribution < 1.29 is 4.52 Å². The van der Waals surface area contributed by atoms with Crippen LogP contribution in [0.15, 0.2) is 21.8 Å². The van der Waals surface area contributed by atoms with Crippen LogP contribution < -0.4 is 10.6 Å². The number of piperidine rings is 1. The molecule has 0 saturated carbocycles. The zero-order chi connectivity index (χ0) is 14.4. The average Bonchev–Trinajstić information content (AvgIpc) is 2.97. The molecule has 0 aliphatic carbocycles. The number of aromatic nitrogens is 1. The highest BCUT2D eigenvalue weighted by molar-refractivity contribution is 5.79. The van der Waals surface area contributed by atoms with Gasteiger partial charge in [-0.1, -0.05) is 5.16 Å². The summed E-state index contributed by atoms with van der Waals surface area (Å²) in [5.74, 6) is 0.830. The normalized spacial score (nSPS) is 18.5. The van der Waals surface area contributed by atoms with Gasteiger partial charge in [0, 0.05) is 38.3 Å². The van der Waals surface area contributed by atoms with Gasteiger partial charge in [0.25, 0.3) is 0 Å². The van der Waals surface area contributed by atoms with Crippen LogP contribution in [0.3, 0.4) is 0 Å². The van der Waals surface area contributed by atoms with Gasteiger partial charge in [0.2, 0.25) is 0 Å². The van der Waals surface area contributed by atoms with Crippen molar-refractivity contribution in [2.24, 2.45) is 4.99 Å². The molecule has 0 atom stereocenters. The zero-order valence-corrected chi connectivity index (χ0v) is 12.6. The van der Waals surface area contributed by atoms with E-state index in [0.717, 1.165) is 37.6 Å². The quantitative estimate of drug-likeness (QED) is 0.641. The Morgan fingerprint density at radius 3 is 2.80 bits per heavy atom. The Morgan fingerprint density at radius 2 is 2.25 bits per heavy atom. The van der Waals surface area contributed by atoms with Gasteiger partial charge in [-0.3, -0.25) is 4.99 Å². The lowest BCUT2D eigenvalue weighted by Gasteiger charge is -2.35. The monoisotopic (exact) mass is 279 g/mol. The molecule has 0 amide bonds. The zero-order valence-electron chi connectivity index (χ0n) is 12.6. The summed E-state index contributed by atoms with van der Waals surface area (Å²) >= 11 is 0. The summed E-state index contributed by atoms with van der Waals surface area (Å²) in [7, 11) is 1.79. The van der Waals surface area contributed by atoms with Gasteiger partial charge >= 0.3 is 0 Å². The third-order valence-electron chi connectivity index (χ3n) is 3.75. The summed E-state index contributed by atoms with van der Waals surface area (Å²) < 4.78 is 4.81. The topological polar surface area (TPSA) is 65.7 Å². The molecule has 0 spiro atoms. The van der Waals surface area contributed by atoms with Crippen molar-refractivity contribution in [3.63, 3.8) is 0 Å². The van der Waals surface area contributed by atoms with Crippen LogP contribution in [0.5, 0.6) is 0 Å². The second-order valence-electron chi connectivity index (χ2n) is 5.46. The Labute approximate surface area is 120 Å². The van der Waals surface area contributed by atoms with Crippen molar-refractivity contribution in [2.45, 2.75) is 45.3 Å². The first-order valence-corrected chi connectivity index (χ1v) is 7.29. The molecule has 2 rings (SSSR count). The van der Waals surface area contributed by atoms with Crippen LogP contribution in [0.1, 0.15) is 32.4 Å². The van der Waals surface area contributed by atoms with Gasteiger partial charge in [-0.05, 0) is 26.7 Å². The number of guanidine groups is 1. The summed E-state index contributed by atoms with van der Waals surface area (Å²) in [6.07, 6.45) is 3.89. The Balaban J connectivity index is 1.74. The lowest BCUT2D eigenvalue weighted by atomic mass is 10.0. The molecule has 1 aliphatic heterocycles. The molecular weight excluding hydrogens is 254 g/mol. The van der Waals surface area contributed by atoms with E-state index in [2.05, 4.69) is 39.5 Å². The van der Waals surface area contributed by atoms with Crippen molar-refractivity contribution in [2.75, 3.05) is 20.1 Å². The van der Waals surface area contributed by atoms with E-state index in [4.69, 9.17) is 4.52 Å². The predicted octanol–water partition coefficient (Wildman–Crippen LogP) is 1.21. The predicted molar refractivity (Wildman–Crippen MR) is 79.6 cm³/mol. The average molecular weight is 279 g/mol. The molecular formula is C14H25N5O. The first-order valence-electron chi connectivity index (χ1n) is 7.29. The Morgan fingerprint density at radius 1 is 1.50 bits per heavy atom. The van der Waals surface area contributed by atoms with E-state index in [0.29, 0.717) is 18.6 Å². The maximum atomic E-state index is 4.81. The molecule has 112 valence electrons. The maximum absolute atomic E-state index is 4.81. The number of nitrogens with zero attached hydrogens (tertiary/aromatic N) is 3. The summed E-state index contributed by atoms with van der Waals surface area (Å²) in [5.41, 5.74) is 0.877. The first kappa shape index (κ1) is 14.8. The van der Waals surface area contributed by atoms with Crippen LogP contribution in [0, 0.1) is 0 Å². The minimum atomic E-state index is 0.494. The molecule has 1 fully saturated rings. The molecule has 1 saturated heterocycles. The number of aliphatic imine (C=N–C) groups is 1. The standard InChI is InChI=1S/C14H25N5O/c1-11(2)19-7-4-12(5-8-19)17-14(15-3)16-10-13-6-9-20-18-13/h6,9,11-12H,4-5,7-8,10H2,1-3H3,(H2,15,16,17). The Bertz CT molecular complexity index is 407. The molecule has 1 aromatic heterocycles. The summed E-state index contributed by atoms with van der Waals surface area (Å²) in [5, 5.41) is 10.6. The van der Waals surface area contributed by atoms with Gasteiger partial charge in [0.1, 0.15) is 12.0 Å². The van der Waals surface area contributed by atoms with E-state index in [1.165, 1.54) is 0 Å². The minimum absolute atomic E-state index is 0.494. The lowest BCUT2D eigenvalue weighted by molar-refractivity contribution is 0.167. The minimum Gasteiger partial charge on any atom is -0.364 e. The van der Waals surface area contributed by atoms with Crippen LogP contribution in [0.25, 0.3) is 0 Å². The number of rotatable bonds is 4. The lowest BCUT2D eigenvalue weighted by Crippen LogP contribution is -2.49. The molecule has 1 aromatic rings. The fourth-order valence-electron chi connectivity index (χ4n) is 2.45. The number of likely N-dealkylation sites (tertiary alicyclic amines) is 1. The molecule has 6 nitrogen and oxygen atoms in total. The number of hydrogen-bond acceptors (Lipinski definition) is 4. The molecule has 2 heterocycles. The van der Waals surface area contributed by atoms with Crippen molar-refractivity contribution in [1.29, 1.82) is 0 Å². The molecule has 0 radical (unpaired) electrons. The van der Waals surface area contributed by atoms with Crippen molar-refractivity contribution in [3.05, 3.63) is 18.0 Å². The van der Waals surface area contributed by atoms with Gasteiger partial charge in [-0.2, -0.15) is 0 Å². The molecule has 0 unspecified atom stereocenters. The smallest absolute Gasteiger partial charge is 0.191 e. The fourth-order valence-corrected chi connectivity index (χ4v) is 2.45. The van der Waals surface area contributed by atoms with Gasteiger partial charge in [0.05, 0.1) is 6.54 Å². The van der Waals surface area contributed by atoms with Crippen molar-refractivity contribution in [1.82, 2.24) is 20.7 Å². The summed E-state index contributed by atoms with van der Waals surface area (Å²) in [4.78, 5) is 6.78. The second kappa shape index (κ2) is 7.28. The van der Waals surface area contributed by atoms with E-state index in [9.17, 15) is 0 Å². The highest BCUT2D eigenvalue weighted by Gasteiger charge is 2.21. The highest BCUT2D eigenvalue weighted by atomic mass is 16.5. The highest BCUT2D eigenvalue weighted by Crippen LogP contribution is 2.12. The number of hydrogen-bond donors (Lipinski definition) is 2. The Hall–Kier alpha value is -1.56. The van der Waals surface area contributed by atoms with Gasteiger partial charge in [0.15, 0.2) is 5.96 Å². The fraction of sp³-hybridized carbons (Fsp3) is 0.714. The van der Waals surface area contributed by atoms with E-state index in [1.54, 1.807) is 13.3 Å². The van der Waals surface area contributed by atoms with Crippen LogP contribution >= 0.6 is 0 Å². The van der Waals surface area contributed by atoms with Gasteiger partial charge in [-0.15, -0.1) is 0 Å². The van der Waals surface area contributed by atoms with E-state index in [1.807, 2.05) is 6.07 Å². The van der Waals surface area contributed by atoms with Crippen molar-refractivity contribution in [3.8, 4) is 0 Å². The van der Waals surface area contributed by atoms with Crippen LogP contribution in [0.2, 0.25) is 0 Å². The number of nitrogens with one attached hydrogen (secondary N) is 2. The summed E-state index contributed by atoms with van der Waals surface area (Å²) in [6.45, 7) is 7.44. The van der Waals surface area contributed by atoms with Crippen LogP contribution in [-0.4, -0.2) is 48.2 Å². The van der Waals surface area contributed by atoms with E-state index >= 15 is 0 Å². The third kappa shape index (κ3) is 4.23. The van der Waals surface area contributed by atoms with Crippen molar-refractivity contribution >= 4 is 5.96 Å². The molecule has 0 aromatic carbocycles. The third-order valence-corrected chi connectivity index (χ3v) is 3.75. The van der Waals surface area contributed by atoms with Crippen LogP contribution in [0.4, 0.5) is 0 Å². The Kier molecular flexibility index (Phi) is 5.40. The molecule has 2 N–H and O–H groups in total. The van der Waals surface area contributed by atoms with E-state index < -0.39 is 0 Å². The maximum Gasteiger partial charge on any atom is 0.191 e. The molecule has 20 heavy (non-hydrogen) atoms.